The molecule has 0 amide bonds. The third kappa shape index (κ3) is 3.57. The summed E-state index contributed by atoms with van der Waals surface area (Å²) in [6, 6.07) is 6.98. The molecule has 0 saturated carbocycles. The van der Waals surface area contributed by atoms with E-state index in [9.17, 15) is 4.79 Å². The van der Waals surface area contributed by atoms with Crippen molar-refractivity contribution in [1.82, 2.24) is 14.7 Å². The van der Waals surface area contributed by atoms with Gasteiger partial charge < -0.3 is 5.11 Å². The lowest BCUT2D eigenvalue weighted by atomic mass is 9.93. The number of hydrogen-bond donors (Lipinski definition) is 1. The van der Waals surface area contributed by atoms with Gasteiger partial charge in [-0.25, -0.2) is 4.79 Å². The van der Waals surface area contributed by atoms with Gasteiger partial charge in [0.05, 0.1) is 5.56 Å². The second-order valence-electron chi connectivity index (χ2n) is 6.04. The molecule has 0 unspecified atom stereocenters. The highest BCUT2D eigenvalue weighted by Crippen LogP contribution is 2.29. The van der Waals surface area contributed by atoms with Gasteiger partial charge in [-0.2, -0.15) is 5.10 Å². The van der Waals surface area contributed by atoms with Crippen molar-refractivity contribution in [3.63, 3.8) is 0 Å². The molecule has 1 fully saturated rings. The summed E-state index contributed by atoms with van der Waals surface area (Å²) in [4.78, 5) is 13.4. The number of carbonyl (C=O) groups is 1. The minimum Gasteiger partial charge on any atom is -0.478 e. The molecule has 0 bridgehead atoms. The van der Waals surface area contributed by atoms with E-state index in [1.54, 1.807) is 18.2 Å². The van der Waals surface area contributed by atoms with Gasteiger partial charge in [-0.05, 0) is 55.8 Å². The zero-order chi connectivity index (χ0) is 16.4. The van der Waals surface area contributed by atoms with Crippen molar-refractivity contribution >= 4 is 17.6 Å². The number of rotatable bonds is 4. The first-order chi connectivity index (χ1) is 11.0. The summed E-state index contributed by atoms with van der Waals surface area (Å²) >= 11 is 6.22. The average molecular weight is 334 g/mol. The van der Waals surface area contributed by atoms with Crippen LogP contribution in [0.5, 0.6) is 0 Å². The summed E-state index contributed by atoms with van der Waals surface area (Å²) in [5.74, 6) is -0.377. The molecule has 5 nitrogen and oxygen atoms in total. The van der Waals surface area contributed by atoms with Crippen molar-refractivity contribution in [3.8, 4) is 0 Å². The third-order valence-corrected chi connectivity index (χ3v) is 4.92. The number of benzene rings is 1. The summed E-state index contributed by atoms with van der Waals surface area (Å²) in [7, 11) is 1.98. The third-order valence-electron chi connectivity index (χ3n) is 4.55. The summed E-state index contributed by atoms with van der Waals surface area (Å²) in [5, 5.41) is 14.0. The molecule has 1 aliphatic heterocycles. The van der Waals surface area contributed by atoms with Crippen LogP contribution < -0.4 is 0 Å². The number of hydrogen-bond acceptors (Lipinski definition) is 3. The standard InChI is InChI=1S/C17H20ClN3O2/c1-20-16(4-7-19-20)12-5-8-21(9-6-12)11-14-10-13(17(22)23)2-3-15(14)18/h2-4,7,10,12H,5-6,8-9,11H2,1H3,(H,22,23). The molecule has 1 aromatic carbocycles. The van der Waals surface area contributed by atoms with Crippen molar-refractivity contribution in [1.29, 1.82) is 0 Å². The number of nitrogens with zero attached hydrogens (tertiary/aromatic N) is 3. The Kier molecular flexibility index (Phi) is 4.68. The molecule has 0 radical (unpaired) electrons. The first-order valence-corrected chi connectivity index (χ1v) is 8.14. The van der Waals surface area contributed by atoms with E-state index in [0.717, 1.165) is 31.5 Å². The normalized spacial score (nSPS) is 16.6. The van der Waals surface area contributed by atoms with E-state index in [2.05, 4.69) is 16.1 Å². The van der Waals surface area contributed by atoms with Gasteiger partial charge in [-0.1, -0.05) is 11.6 Å². The van der Waals surface area contributed by atoms with Gasteiger partial charge in [0.25, 0.3) is 0 Å². The molecule has 6 heteroatoms. The van der Waals surface area contributed by atoms with E-state index in [0.29, 0.717) is 17.5 Å². The van der Waals surface area contributed by atoms with Crippen LogP contribution in [0.2, 0.25) is 5.02 Å². The van der Waals surface area contributed by atoms with Crippen molar-refractivity contribution in [2.24, 2.45) is 7.05 Å². The number of piperidine rings is 1. The number of aryl methyl sites for hydroxylation is 1. The number of carboxylic acids is 1. The maximum atomic E-state index is 11.1. The van der Waals surface area contributed by atoms with Crippen molar-refractivity contribution in [3.05, 3.63) is 52.3 Å². The van der Waals surface area contributed by atoms with E-state index in [1.165, 1.54) is 5.69 Å². The number of halogens is 1. The zero-order valence-corrected chi connectivity index (χ0v) is 13.8. The quantitative estimate of drug-likeness (QED) is 0.933. The molecule has 1 N–H and O–H groups in total. The number of carboxylic acid groups (broad SMARTS) is 1. The fraction of sp³-hybridized carbons (Fsp3) is 0.412. The molecule has 0 aliphatic carbocycles. The molecule has 1 aromatic heterocycles. The smallest absolute Gasteiger partial charge is 0.335 e. The van der Waals surface area contributed by atoms with Crippen LogP contribution in [-0.2, 0) is 13.6 Å². The van der Waals surface area contributed by atoms with Crippen LogP contribution in [-0.4, -0.2) is 38.8 Å². The number of aromatic carboxylic acids is 1. The molecule has 3 rings (SSSR count). The lowest BCUT2D eigenvalue weighted by Gasteiger charge is -2.32. The van der Waals surface area contributed by atoms with Gasteiger partial charge in [-0.15, -0.1) is 0 Å². The topological polar surface area (TPSA) is 58.4 Å². The van der Waals surface area contributed by atoms with E-state index in [1.807, 2.05) is 17.9 Å². The Labute approximate surface area is 140 Å². The van der Waals surface area contributed by atoms with Gasteiger partial charge in [0, 0.05) is 36.4 Å². The molecule has 122 valence electrons. The Morgan fingerprint density at radius 2 is 2.09 bits per heavy atom. The van der Waals surface area contributed by atoms with Crippen LogP contribution in [0.4, 0.5) is 0 Å². The maximum Gasteiger partial charge on any atom is 0.335 e. The molecule has 2 heterocycles. The molecule has 0 atom stereocenters. The van der Waals surface area contributed by atoms with Gasteiger partial charge in [0.15, 0.2) is 0 Å². The highest BCUT2D eigenvalue weighted by Gasteiger charge is 2.23. The van der Waals surface area contributed by atoms with E-state index < -0.39 is 5.97 Å². The lowest BCUT2D eigenvalue weighted by molar-refractivity contribution is 0.0696. The van der Waals surface area contributed by atoms with Crippen molar-refractivity contribution in [2.75, 3.05) is 13.1 Å². The van der Waals surface area contributed by atoms with Crippen molar-refractivity contribution in [2.45, 2.75) is 25.3 Å². The van der Waals surface area contributed by atoms with Gasteiger partial charge >= 0.3 is 5.97 Å². The summed E-state index contributed by atoms with van der Waals surface area (Å²) in [5.41, 5.74) is 2.45. The minimum atomic E-state index is -0.919. The second kappa shape index (κ2) is 6.72. The predicted octanol–water partition coefficient (Wildman–Crippen LogP) is 3.15. The summed E-state index contributed by atoms with van der Waals surface area (Å²) in [6.45, 7) is 2.64. The SMILES string of the molecule is Cn1nccc1C1CCN(Cc2cc(C(=O)O)ccc2Cl)CC1. The fourth-order valence-corrected chi connectivity index (χ4v) is 3.42. The minimum absolute atomic E-state index is 0.286. The van der Waals surface area contributed by atoms with Crippen molar-refractivity contribution < 1.29 is 9.90 Å². The molecular formula is C17H20ClN3O2. The van der Waals surface area contributed by atoms with Gasteiger partial charge in [0.1, 0.15) is 0 Å². The first kappa shape index (κ1) is 16.0. The Balaban J connectivity index is 1.64. The predicted molar refractivity (Wildman–Crippen MR) is 88.9 cm³/mol. The van der Waals surface area contributed by atoms with Crippen LogP contribution in [0.25, 0.3) is 0 Å². The summed E-state index contributed by atoms with van der Waals surface area (Å²) in [6.07, 6.45) is 4.00. The fourth-order valence-electron chi connectivity index (χ4n) is 3.24. The maximum absolute atomic E-state index is 11.1. The van der Waals surface area contributed by atoms with E-state index in [-0.39, 0.29) is 5.56 Å². The lowest BCUT2D eigenvalue weighted by Crippen LogP contribution is -2.33. The second-order valence-corrected chi connectivity index (χ2v) is 6.45. The van der Waals surface area contributed by atoms with E-state index in [4.69, 9.17) is 16.7 Å². The monoisotopic (exact) mass is 333 g/mol. The van der Waals surface area contributed by atoms with Crippen LogP contribution in [0, 0.1) is 0 Å². The van der Waals surface area contributed by atoms with Crippen LogP contribution in [0.1, 0.15) is 40.4 Å². The van der Waals surface area contributed by atoms with Gasteiger partial charge in [0.2, 0.25) is 0 Å². The number of aromatic nitrogens is 2. The largest absolute Gasteiger partial charge is 0.478 e. The Bertz CT molecular complexity index is 706. The van der Waals surface area contributed by atoms with Crippen LogP contribution in [0.3, 0.4) is 0 Å². The highest BCUT2D eigenvalue weighted by atomic mass is 35.5. The Morgan fingerprint density at radius 1 is 1.35 bits per heavy atom. The average Bonchev–Trinajstić information content (AvgIpc) is 2.96. The molecule has 1 aliphatic rings. The molecule has 0 spiro atoms. The number of likely N-dealkylation sites (tertiary alicyclic amines) is 1. The molecular weight excluding hydrogens is 314 g/mol. The summed E-state index contributed by atoms with van der Waals surface area (Å²) < 4.78 is 1.95. The molecule has 1 saturated heterocycles. The van der Waals surface area contributed by atoms with Gasteiger partial charge in [-0.3, -0.25) is 9.58 Å². The zero-order valence-electron chi connectivity index (χ0n) is 13.1. The first-order valence-electron chi connectivity index (χ1n) is 7.76. The highest BCUT2D eigenvalue weighted by molar-refractivity contribution is 6.31. The Hall–Kier alpha value is -1.85. The van der Waals surface area contributed by atoms with Crippen LogP contribution >= 0.6 is 11.6 Å². The van der Waals surface area contributed by atoms with E-state index >= 15 is 0 Å². The van der Waals surface area contributed by atoms with Crippen LogP contribution in [0.15, 0.2) is 30.5 Å². The molecule has 2 aromatic rings. The Morgan fingerprint density at radius 3 is 2.70 bits per heavy atom. The molecule has 23 heavy (non-hydrogen) atoms.